The molecule has 5 rings (SSSR count). The highest BCUT2D eigenvalue weighted by Gasteiger charge is 2.50. The number of ketones is 1. The van der Waals surface area contributed by atoms with Crippen LogP contribution in [0.2, 0.25) is 0 Å². The van der Waals surface area contributed by atoms with E-state index < -0.39 is 153 Å². The topological polar surface area (TPSA) is 373 Å². The normalized spacial score (nSPS) is 26.1. The second-order valence-corrected chi connectivity index (χ2v) is 18.7. The van der Waals surface area contributed by atoms with E-state index in [1.165, 1.54) is 11.8 Å². The summed E-state index contributed by atoms with van der Waals surface area (Å²) in [6.07, 6.45) is -0.248. The molecule has 73 heavy (non-hydrogen) atoms. The Balaban J connectivity index is 1.01. The lowest BCUT2D eigenvalue weighted by Crippen LogP contribution is -2.57. The Bertz CT molecular complexity index is 2050. The molecule has 0 radical (unpaired) electrons. The molecule has 0 aliphatic carbocycles. The first-order chi connectivity index (χ1) is 34.6. The maximum atomic E-state index is 14.0. The van der Waals surface area contributed by atoms with Crippen LogP contribution in [0, 0.1) is 5.92 Å². The average Bonchev–Trinajstić information content (AvgIpc) is 3.81. The number of amides is 8. The second-order valence-electron chi connectivity index (χ2n) is 18.7. The molecule has 0 saturated carbocycles. The fourth-order valence-corrected chi connectivity index (χ4v) is 8.75. The van der Waals surface area contributed by atoms with Gasteiger partial charge in [-0.05, 0) is 32.1 Å². The molecular formula is C43H67BN12O17. The minimum Gasteiger partial charge on any atom is -0.426 e. The van der Waals surface area contributed by atoms with Crippen molar-refractivity contribution in [3.63, 3.8) is 0 Å². The Morgan fingerprint density at radius 1 is 0.616 bits per heavy atom. The molecule has 5 fully saturated rings. The molecule has 2 unspecified atom stereocenters. The predicted octanol–water partition coefficient (Wildman–Crippen LogP) is -8.13. The smallest absolute Gasteiger partial charge is 0.426 e. The second kappa shape index (κ2) is 27.1. The quantitative estimate of drug-likeness (QED) is 0.0428. The van der Waals surface area contributed by atoms with Gasteiger partial charge in [0.15, 0.2) is 5.78 Å². The lowest BCUT2D eigenvalue weighted by atomic mass is 9.78. The zero-order valence-corrected chi connectivity index (χ0v) is 41.3. The third-order valence-electron chi connectivity index (χ3n) is 12.7. The summed E-state index contributed by atoms with van der Waals surface area (Å²) >= 11 is 0. The fourth-order valence-electron chi connectivity index (χ4n) is 8.75. The van der Waals surface area contributed by atoms with Crippen LogP contribution in [-0.2, 0) is 71.7 Å². The van der Waals surface area contributed by atoms with Gasteiger partial charge >= 0.3 is 31.0 Å². The third kappa shape index (κ3) is 18.0. The Kier molecular flexibility index (Phi) is 21.4. The number of nitrogens with zero attached hydrogens (tertiary/aromatic N) is 5. The molecule has 5 aliphatic heterocycles. The van der Waals surface area contributed by atoms with Crippen molar-refractivity contribution >= 4 is 78.1 Å². The Hall–Kier alpha value is -6.34. The molecule has 0 aromatic rings. The van der Waals surface area contributed by atoms with Crippen molar-refractivity contribution < 1.29 is 81.8 Å². The first kappa shape index (κ1) is 57.6. The molecule has 5 saturated heterocycles. The summed E-state index contributed by atoms with van der Waals surface area (Å²) in [7, 11) is -1.73. The summed E-state index contributed by atoms with van der Waals surface area (Å²) in [6, 6.07) is -3.28. The minimum atomic E-state index is -2.68. The number of rotatable bonds is 19. The van der Waals surface area contributed by atoms with Gasteiger partial charge in [0.05, 0.1) is 58.3 Å². The van der Waals surface area contributed by atoms with E-state index in [0.717, 1.165) is 0 Å². The summed E-state index contributed by atoms with van der Waals surface area (Å²) in [4.78, 5) is 164. The number of ether oxygens (including phenoxy) is 3. The highest BCUT2D eigenvalue weighted by molar-refractivity contribution is 6.43. The highest BCUT2D eigenvalue weighted by Crippen LogP contribution is 2.27. The largest absolute Gasteiger partial charge is 0.475 e. The summed E-state index contributed by atoms with van der Waals surface area (Å²) in [5, 5.41) is 35.7. The number of esters is 3. The van der Waals surface area contributed by atoms with Crippen LogP contribution in [-0.4, -0.2) is 254 Å². The number of hydrogen-bond acceptors (Lipinski definition) is 21. The Morgan fingerprint density at radius 2 is 1.08 bits per heavy atom. The van der Waals surface area contributed by atoms with Crippen LogP contribution in [0.15, 0.2) is 0 Å². The number of fused-ring (bicyclic) bond motifs is 12. The van der Waals surface area contributed by atoms with Crippen LogP contribution < -0.4 is 37.2 Å². The van der Waals surface area contributed by atoms with Gasteiger partial charge in [-0.3, -0.25) is 77.1 Å². The van der Waals surface area contributed by atoms with Gasteiger partial charge in [0.1, 0.15) is 24.5 Å². The number of Topliss-reactive ketones (excluding diaryl/α,β-unsaturated/α-hetero) is 1. The van der Waals surface area contributed by atoms with Gasteiger partial charge in [-0.2, -0.15) is 0 Å². The van der Waals surface area contributed by atoms with Crippen molar-refractivity contribution in [3.8, 4) is 0 Å². The number of hydrogen-bond donors (Lipinski definition) is 9. The monoisotopic (exact) mass is 1030 g/mol. The molecule has 6 atom stereocenters. The molecule has 9 N–H and O–H groups in total. The van der Waals surface area contributed by atoms with Crippen LogP contribution >= 0.6 is 0 Å². The number of carbonyl (C=O) groups excluding carboxylic acids is 12. The van der Waals surface area contributed by atoms with E-state index in [2.05, 4.69) is 37.2 Å². The van der Waals surface area contributed by atoms with E-state index >= 15 is 0 Å². The van der Waals surface area contributed by atoms with Crippen molar-refractivity contribution in [3.05, 3.63) is 0 Å². The summed E-state index contributed by atoms with van der Waals surface area (Å²) in [6.45, 7) is 4.32. The summed E-state index contributed by atoms with van der Waals surface area (Å²) in [5.74, 6) is -12.9. The molecule has 8 amide bonds. The number of carbonyl (C=O) groups is 12. The van der Waals surface area contributed by atoms with Gasteiger partial charge in [0.2, 0.25) is 47.3 Å². The predicted molar refractivity (Wildman–Crippen MR) is 249 cm³/mol. The first-order valence-corrected chi connectivity index (χ1v) is 24.3. The maximum Gasteiger partial charge on any atom is 0.475 e. The lowest BCUT2D eigenvalue weighted by Gasteiger charge is -2.35. The van der Waals surface area contributed by atoms with Crippen molar-refractivity contribution in [1.29, 1.82) is 0 Å². The molecule has 30 heteroatoms. The minimum absolute atomic E-state index is 0.0712. The number of nitrogens with one attached hydrogen (secondary N) is 7. The van der Waals surface area contributed by atoms with Gasteiger partial charge in [-0.1, -0.05) is 13.8 Å². The molecule has 5 aliphatic rings. The maximum absolute atomic E-state index is 14.0. The standard InChI is InChI=1S/C43H67BN12O17/c1-26(2)39(40(66)50-27(3)41(67)56-8-4-5-30(56)44(69)70)51-36(63)22-49-35(62)21-48-34(61)20-47-33(60)19-46-32(59)18-45-31(58)7-6-29-42(68)73-43-17-28(57)23-52-9-11-53(24-37(64)71-43)13-15-55(29)16-14-54(12-10-52)25-38(65)72-43/h26-27,29-30,39,69-70H,4-25H2,1-3H3,(H,45,58)(H,46,59)(H,47,60)(H,48,61)(H,49,62)(H,50,66)(H,51,63)/t27-,29-,30+,39+/m1/s1. The van der Waals surface area contributed by atoms with E-state index in [1.54, 1.807) is 18.7 Å². The van der Waals surface area contributed by atoms with Gasteiger partial charge < -0.3 is 66.4 Å². The number of likely N-dealkylation sites (tertiary alicyclic amines) is 1. The van der Waals surface area contributed by atoms with Gasteiger partial charge in [-0.25, -0.2) is 0 Å². The molecular weight excluding hydrogens is 967 g/mol. The van der Waals surface area contributed by atoms with E-state index in [4.69, 9.17) is 14.2 Å². The SMILES string of the molecule is CC(C)[C@H](NC(=O)CNC(=O)CNC(=O)CNC(=O)CNC(=O)CNC(=O)CC[C@@H]1C(=O)OC23CC(=O)CN4CCN(CCN1CCN(CC4)CC(=O)O2)CC(=O)O3)C(=O)N[C@H](C)C(=O)N1CCC[C@H]1B(O)O. The highest BCUT2D eigenvalue weighted by atomic mass is 16.9. The van der Waals surface area contributed by atoms with Crippen LogP contribution in [0.5, 0.6) is 0 Å². The summed E-state index contributed by atoms with van der Waals surface area (Å²) < 4.78 is 16.8. The van der Waals surface area contributed by atoms with Crippen LogP contribution in [0.3, 0.4) is 0 Å². The van der Waals surface area contributed by atoms with Crippen LogP contribution in [0.25, 0.3) is 0 Å². The molecule has 404 valence electrons. The zero-order valence-electron chi connectivity index (χ0n) is 41.3. The first-order valence-electron chi connectivity index (χ1n) is 24.3. The van der Waals surface area contributed by atoms with E-state index in [1.807, 2.05) is 14.7 Å². The van der Waals surface area contributed by atoms with Gasteiger partial charge in [0, 0.05) is 65.3 Å². The van der Waals surface area contributed by atoms with E-state index in [0.29, 0.717) is 58.7 Å². The average molecular weight is 1030 g/mol. The van der Waals surface area contributed by atoms with Gasteiger partial charge in [-0.15, -0.1) is 0 Å². The molecule has 5 heterocycles. The molecule has 0 aromatic heterocycles. The van der Waals surface area contributed by atoms with E-state index in [9.17, 15) is 67.6 Å². The molecule has 29 nitrogen and oxygen atoms in total. The van der Waals surface area contributed by atoms with Crippen molar-refractivity contribution in [1.82, 2.24) is 61.7 Å². The third-order valence-corrected chi connectivity index (χ3v) is 12.7. The summed E-state index contributed by atoms with van der Waals surface area (Å²) in [5.41, 5.74) is 0. The van der Waals surface area contributed by atoms with Crippen LogP contribution in [0.1, 0.15) is 52.9 Å². The van der Waals surface area contributed by atoms with Crippen molar-refractivity contribution in [2.75, 3.05) is 111 Å². The lowest BCUT2D eigenvalue weighted by molar-refractivity contribution is -0.329. The zero-order chi connectivity index (χ0) is 53.4. The van der Waals surface area contributed by atoms with Crippen molar-refractivity contribution in [2.24, 2.45) is 5.92 Å². The molecule has 1 spiro atoms. The van der Waals surface area contributed by atoms with E-state index in [-0.39, 0.29) is 45.6 Å². The Labute approximate surface area is 420 Å². The van der Waals surface area contributed by atoms with Crippen LogP contribution in [0.4, 0.5) is 0 Å². The van der Waals surface area contributed by atoms with Crippen molar-refractivity contribution in [2.45, 2.75) is 82.9 Å². The Morgan fingerprint density at radius 3 is 1.58 bits per heavy atom. The molecule has 0 aromatic carbocycles. The molecule has 5 bridgehead atoms. The van der Waals surface area contributed by atoms with Gasteiger partial charge in [0.25, 0.3) is 0 Å². The fraction of sp³-hybridized carbons (Fsp3) is 0.721.